The van der Waals surface area contributed by atoms with E-state index in [0.29, 0.717) is 31.7 Å². The first-order valence-electron chi connectivity index (χ1n) is 8.84. The second-order valence-corrected chi connectivity index (χ2v) is 6.94. The molecule has 6 heteroatoms. The van der Waals surface area contributed by atoms with Crippen LogP contribution in [-0.4, -0.2) is 39.3 Å². The van der Waals surface area contributed by atoms with Gasteiger partial charge in [-0.1, -0.05) is 42.0 Å². The summed E-state index contributed by atoms with van der Waals surface area (Å²) in [6, 6.07) is 15.4. The van der Waals surface area contributed by atoms with Crippen molar-refractivity contribution in [1.29, 1.82) is 0 Å². The average Bonchev–Trinajstić information content (AvgIpc) is 3.05. The number of likely N-dealkylation sites (tertiary alicyclic amines) is 1. The molecule has 3 N–H and O–H groups in total. The first kappa shape index (κ1) is 16.6. The third-order valence-corrected chi connectivity index (χ3v) is 5.13. The topological polar surface area (TPSA) is 81.2 Å². The quantitative estimate of drug-likeness (QED) is 0.663. The molecule has 1 aromatic heterocycles. The maximum Gasteiger partial charge on any atom is 0.323 e. The van der Waals surface area contributed by atoms with Gasteiger partial charge in [-0.2, -0.15) is 5.10 Å². The van der Waals surface area contributed by atoms with Gasteiger partial charge in [-0.3, -0.25) is 10.4 Å². The fourth-order valence-corrected chi connectivity index (χ4v) is 3.54. The van der Waals surface area contributed by atoms with Crippen molar-refractivity contribution in [1.82, 2.24) is 15.1 Å². The second-order valence-electron chi connectivity index (χ2n) is 6.94. The van der Waals surface area contributed by atoms with E-state index < -0.39 is 5.60 Å². The van der Waals surface area contributed by atoms with Gasteiger partial charge in [0, 0.05) is 18.5 Å². The fourth-order valence-electron chi connectivity index (χ4n) is 3.54. The van der Waals surface area contributed by atoms with Crippen LogP contribution in [0.1, 0.15) is 24.0 Å². The number of urea groups is 1. The van der Waals surface area contributed by atoms with Gasteiger partial charge in [0.05, 0.1) is 11.1 Å². The van der Waals surface area contributed by atoms with Gasteiger partial charge in [0.25, 0.3) is 0 Å². The summed E-state index contributed by atoms with van der Waals surface area (Å²) in [5.41, 5.74) is 2.06. The molecule has 0 atom stereocenters. The molecule has 1 fully saturated rings. The smallest absolute Gasteiger partial charge is 0.323 e. The Labute approximate surface area is 151 Å². The van der Waals surface area contributed by atoms with E-state index in [-0.39, 0.29) is 6.03 Å². The second kappa shape index (κ2) is 6.46. The Hall–Kier alpha value is -2.86. The molecule has 2 aromatic carbocycles. The van der Waals surface area contributed by atoms with E-state index in [9.17, 15) is 9.90 Å². The number of aryl methyl sites for hydroxylation is 1. The molecule has 2 amide bonds. The first-order valence-corrected chi connectivity index (χ1v) is 8.84. The number of aliphatic hydroxyl groups is 1. The molecule has 0 saturated carbocycles. The van der Waals surface area contributed by atoms with Crippen molar-refractivity contribution in [2.24, 2.45) is 0 Å². The summed E-state index contributed by atoms with van der Waals surface area (Å²) in [5.74, 6) is 0.533. The molecule has 26 heavy (non-hydrogen) atoms. The Morgan fingerprint density at radius 3 is 2.73 bits per heavy atom. The van der Waals surface area contributed by atoms with Crippen LogP contribution < -0.4 is 5.32 Å². The lowest BCUT2D eigenvalue weighted by Gasteiger charge is -2.38. The Balaban J connectivity index is 1.43. The lowest BCUT2D eigenvalue weighted by Crippen LogP contribution is -2.46. The van der Waals surface area contributed by atoms with Crippen LogP contribution in [0.15, 0.2) is 48.5 Å². The summed E-state index contributed by atoms with van der Waals surface area (Å²) in [5, 5.41) is 21.8. The lowest BCUT2D eigenvalue weighted by molar-refractivity contribution is -0.0157. The molecule has 1 aliphatic rings. The number of nitrogens with zero attached hydrogens (tertiary/aromatic N) is 2. The first-order chi connectivity index (χ1) is 12.5. The summed E-state index contributed by atoms with van der Waals surface area (Å²) in [7, 11) is 0. The van der Waals surface area contributed by atoms with Crippen LogP contribution in [-0.2, 0) is 5.60 Å². The van der Waals surface area contributed by atoms with Gasteiger partial charge in [-0.15, -0.1) is 0 Å². The molecule has 3 aromatic rings. The highest BCUT2D eigenvalue weighted by Gasteiger charge is 2.35. The zero-order valence-electron chi connectivity index (χ0n) is 14.7. The molecule has 2 heterocycles. The minimum absolute atomic E-state index is 0.187. The van der Waals surface area contributed by atoms with Crippen molar-refractivity contribution in [2.75, 3.05) is 18.4 Å². The Bertz CT molecular complexity index is 942. The van der Waals surface area contributed by atoms with E-state index in [1.807, 2.05) is 55.5 Å². The van der Waals surface area contributed by atoms with Crippen LogP contribution in [0.3, 0.4) is 0 Å². The largest absolute Gasteiger partial charge is 0.385 e. The number of H-pyrrole nitrogens is 1. The van der Waals surface area contributed by atoms with Crippen LogP contribution >= 0.6 is 0 Å². The number of rotatable bonds is 2. The number of hydrogen-bond acceptors (Lipinski definition) is 3. The minimum Gasteiger partial charge on any atom is -0.385 e. The van der Waals surface area contributed by atoms with Crippen LogP contribution in [0.4, 0.5) is 10.6 Å². The van der Waals surface area contributed by atoms with E-state index in [1.165, 1.54) is 0 Å². The van der Waals surface area contributed by atoms with Gasteiger partial charge in [0.2, 0.25) is 0 Å². The maximum absolute atomic E-state index is 12.6. The van der Waals surface area contributed by atoms with E-state index in [1.54, 1.807) is 4.90 Å². The summed E-state index contributed by atoms with van der Waals surface area (Å²) >= 11 is 0. The van der Waals surface area contributed by atoms with Crippen LogP contribution in [0.25, 0.3) is 10.9 Å². The SMILES string of the molecule is Cc1cccc(C2(O)CCN(C(=O)Nc3n[nH]c4ccccc34)CC2)c1. The van der Waals surface area contributed by atoms with Gasteiger partial charge in [-0.25, -0.2) is 4.79 Å². The maximum atomic E-state index is 12.6. The van der Waals surface area contributed by atoms with Crippen LogP contribution in [0.2, 0.25) is 0 Å². The molecule has 0 radical (unpaired) electrons. The number of anilines is 1. The van der Waals surface area contributed by atoms with E-state index in [0.717, 1.165) is 22.0 Å². The van der Waals surface area contributed by atoms with Gasteiger partial charge in [-0.05, 0) is 37.5 Å². The van der Waals surface area contributed by atoms with E-state index in [2.05, 4.69) is 15.5 Å². The number of fused-ring (bicyclic) bond motifs is 1. The predicted molar refractivity (Wildman–Crippen MR) is 101 cm³/mol. The third-order valence-electron chi connectivity index (χ3n) is 5.13. The van der Waals surface area contributed by atoms with Gasteiger partial charge >= 0.3 is 6.03 Å². The number of nitrogens with one attached hydrogen (secondary N) is 2. The summed E-state index contributed by atoms with van der Waals surface area (Å²) in [4.78, 5) is 14.3. The lowest BCUT2D eigenvalue weighted by atomic mass is 9.84. The summed E-state index contributed by atoms with van der Waals surface area (Å²) < 4.78 is 0. The van der Waals surface area contributed by atoms with Crippen molar-refractivity contribution in [3.05, 3.63) is 59.7 Å². The zero-order chi connectivity index (χ0) is 18.1. The predicted octanol–water partition coefficient (Wildman–Crippen LogP) is 3.39. The molecule has 0 unspecified atom stereocenters. The van der Waals surface area contributed by atoms with E-state index >= 15 is 0 Å². The number of carbonyl (C=O) groups excluding carboxylic acids is 1. The molecular formula is C20H22N4O2. The normalized spacial score (nSPS) is 16.6. The fraction of sp³-hybridized carbons (Fsp3) is 0.300. The Morgan fingerprint density at radius 1 is 1.19 bits per heavy atom. The van der Waals surface area contributed by atoms with Gasteiger partial charge < -0.3 is 10.0 Å². The van der Waals surface area contributed by atoms with Crippen molar-refractivity contribution in [3.8, 4) is 0 Å². The van der Waals surface area contributed by atoms with Gasteiger partial charge in [0.15, 0.2) is 5.82 Å². The van der Waals surface area contributed by atoms with Crippen molar-refractivity contribution >= 4 is 22.8 Å². The third kappa shape index (κ3) is 3.04. The summed E-state index contributed by atoms with van der Waals surface area (Å²) in [6.07, 6.45) is 1.04. The van der Waals surface area contributed by atoms with Crippen molar-refractivity contribution < 1.29 is 9.90 Å². The highest BCUT2D eigenvalue weighted by Crippen LogP contribution is 2.33. The number of aromatic nitrogens is 2. The highest BCUT2D eigenvalue weighted by atomic mass is 16.3. The molecule has 1 aliphatic heterocycles. The monoisotopic (exact) mass is 350 g/mol. The number of benzene rings is 2. The number of amides is 2. The minimum atomic E-state index is -0.873. The number of carbonyl (C=O) groups is 1. The molecule has 6 nitrogen and oxygen atoms in total. The van der Waals surface area contributed by atoms with Crippen LogP contribution in [0, 0.1) is 6.92 Å². The molecular weight excluding hydrogens is 328 g/mol. The van der Waals surface area contributed by atoms with Crippen LogP contribution in [0.5, 0.6) is 0 Å². The van der Waals surface area contributed by atoms with Crippen molar-refractivity contribution in [2.45, 2.75) is 25.4 Å². The van der Waals surface area contributed by atoms with Gasteiger partial charge in [0.1, 0.15) is 0 Å². The highest BCUT2D eigenvalue weighted by molar-refractivity contribution is 5.98. The molecule has 0 bridgehead atoms. The molecule has 0 aliphatic carbocycles. The zero-order valence-corrected chi connectivity index (χ0v) is 14.7. The molecule has 1 saturated heterocycles. The average molecular weight is 350 g/mol. The van der Waals surface area contributed by atoms with Crippen molar-refractivity contribution in [3.63, 3.8) is 0 Å². The van der Waals surface area contributed by atoms with E-state index in [4.69, 9.17) is 0 Å². The number of aromatic amines is 1. The molecule has 0 spiro atoms. The number of hydrogen-bond donors (Lipinski definition) is 3. The Morgan fingerprint density at radius 2 is 1.96 bits per heavy atom. The molecule has 134 valence electrons. The number of piperidine rings is 1. The standard InChI is InChI=1S/C20H22N4O2/c1-14-5-4-6-15(13-14)20(26)9-11-24(12-10-20)19(25)21-18-16-7-2-3-8-17(16)22-23-18/h2-8,13,26H,9-12H2,1H3,(H2,21,22,23,25). The molecule has 4 rings (SSSR count). The summed E-state index contributed by atoms with van der Waals surface area (Å²) in [6.45, 7) is 3.01. The number of para-hydroxylation sites is 1. The Kier molecular flexibility index (Phi) is 4.12.